The average Bonchev–Trinajstić information content (AvgIpc) is 3.23. The summed E-state index contributed by atoms with van der Waals surface area (Å²) in [6.45, 7) is 3.38. The molecule has 1 unspecified atom stereocenters. The molecule has 5 nitrogen and oxygen atoms in total. The zero-order valence-corrected chi connectivity index (χ0v) is 16.7. The topological polar surface area (TPSA) is 41.4 Å². The molecule has 28 heavy (non-hydrogen) atoms. The Hall–Kier alpha value is -2.66. The number of fused-ring (bicyclic) bond motifs is 1. The van der Waals surface area contributed by atoms with Crippen molar-refractivity contribution in [1.29, 1.82) is 0 Å². The number of nitrogens with zero attached hydrogens (tertiary/aromatic N) is 4. The molecule has 1 amide bonds. The van der Waals surface area contributed by atoms with Crippen molar-refractivity contribution >= 4 is 16.9 Å². The lowest BCUT2D eigenvalue weighted by Crippen LogP contribution is -2.24. The first-order valence-electron chi connectivity index (χ1n) is 10.0. The number of para-hydroxylation sites is 2. The van der Waals surface area contributed by atoms with Gasteiger partial charge in [0.1, 0.15) is 5.82 Å². The molecule has 0 spiro atoms. The summed E-state index contributed by atoms with van der Waals surface area (Å²) in [5.74, 6) is 1.44. The van der Waals surface area contributed by atoms with Crippen LogP contribution in [0.2, 0.25) is 0 Å². The molecule has 2 heterocycles. The molecule has 1 atom stereocenters. The Balaban J connectivity index is 1.57. The standard InChI is InChI=1S/C23H28N4O/c1-25(2)13-8-14-27-21-12-7-6-11-20(21)24-23(27)19-15-22(28)26(17-19)16-18-9-4-3-5-10-18/h3-7,9-12,19H,8,13-17H2,1-2H3. The largest absolute Gasteiger partial charge is 0.338 e. The second kappa shape index (κ2) is 8.15. The Morgan fingerprint density at radius 2 is 1.82 bits per heavy atom. The summed E-state index contributed by atoms with van der Waals surface area (Å²) in [7, 11) is 4.20. The van der Waals surface area contributed by atoms with Gasteiger partial charge >= 0.3 is 0 Å². The lowest BCUT2D eigenvalue weighted by molar-refractivity contribution is -0.128. The van der Waals surface area contributed by atoms with E-state index in [-0.39, 0.29) is 11.8 Å². The van der Waals surface area contributed by atoms with Gasteiger partial charge in [0, 0.05) is 32.0 Å². The van der Waals surface area contributed by atoms with Gasteiger partial charge in [0.05, 0.1) is 11.0 Å². The van der Waals surface area contributed by atoms with E-state index in [0.717, 1.165) is 37.4 Å². The van der Waals surface area contributed by atoms with Crippen molar-refractivity contribution in [3.63, 3.8) is 0 Å². The number of imidazole rings is 1. The van der Waals surface area contributed by atoms with Crippen molar-refractivity contribution < 1.29 is 4.79 Å². The lowest BCUT2D eigenvalue weighted by atomic mass is 10.1. The number of hydrogen-bond acceptors (Lipinski definition) is 3. The minimum Gasteiger partial charge on any atom is -0.338 e. The predicted molar refractivity (Wildman–Crippen MR) is 112 cm³/mol. The van der Waals surface area contributed by atoms with Gasteiger partial charge in [-0.3, -0.25) is 4.79 Å². The molecule has 1 saturated heterocycles. The number of hydrogen-bond donors (Lipinski definition) is 0. The molecular formula is C23H28N4O. The minimum atomic E-state index is 0.156. The van der Waals surface area contributed by atoms with E-state index in [1.54, 1.807) is 0 Å². The van der Waals surface area contributed by atoms with Crippen LogP contribution in [-0.4, -0.2) is 52.4 Å². The first kappa shape index (κ1) is 18.7. The van der Waals surface area contributed by atoms with Crippen LogP contribution in [0.25, 0.3) is 11.0 Å². The number of aryl methyl sites for hydroxylation is 1. The Bertz CT molecular complexity index is 948. The fourth-order valence-electron chi connectivity index (χ4n) is 4.09. The van der Waals surface area contributed by atoms with Gasteiger partial charge in [-0.15, -0.1) is 0 Å². The van der Waals surface area contributed by atoms with Gasteiger partial charge in [-0.05, 0) is 44.8 Å². The van der Waals surface area contributed by atoms with E-state index in [1.807, 2.05) is 29.2 Å². The smallest absolute Gasteiger partial charge is 0.223 e. The Labute approximate surface area is 166 Å². The molecule has 0 N–H and O–H groups in total. The SMILES string of the molecule is CN(C)CCCn1c(C2CC(=O)N(Cc3ccccc3)C2)nc2ccccc21. The summed E-state index contributed by atoms with van der Waals surface area (Å²) in [6, 6.07) is 18.5. The van der Waals surface area contributed by atoms with Crippen LogP contribution in [0, 0.1) is 0 Å². The quantitative estimate of drug-likeness (QED) is 0.634. The molecule has 0 radical (unpaired) electrons. The number of aromatic nitrogens is 2. The van der Waals surface area contributed by atoms with Crippen LogP contribution < -0.4 is 0 Å². The maximum atomic E-state index is 12.7. The zero-order chi connectivity index (χ0) is 19.5. The molecule has 4 rings (SSSR count). The van der Waals surface area contributed by atoms with Crippen molar-refractivity contribution in [2.24, 2.45) is 0 Å². The number of carbonyl (C=O) groups excluding carboxylic acids is 1. The first-order valence-corrected chi connectivity index (χ1v) is 10.0. The number of rotatable bonds is 7. The van der Waals surface area contributed by atoms with Crippen molar-refractivity contribution in [2.45, 2.75) is 31.8 Å². The third-order valence-electron chi connectivity index (χ3n) is 5.47. The molecule has 5 heteroatoms. The van der Waals surface area contributed by atoms with Gasteiger partial charge in [-0.2, -0.15) is 0 Å². The highest BCUT2D eigenvalue weighted by Gasteiger charge is 2.33. The van der Waals surface area contributed by atoms with Crippen LogP contribution in [0.1, 0.15) is 30.1 Å². The predicted octanol–water partition coefficient (Wildman–Crippen LogP) is 3.50. The number of benzene rings is 2. The Morgan fingerprint density at radius 1 is 1.07 bits per heavy atom. The fraction of sp³-hybridized carbons (Fsp3) is 0.391. The molecule has 2 aromatic carbocycles. The third kappa shape index (κ3) is 3.94. The lowest BCUT2D eigenvalue weighted by Gasteiger charge is -2.18. The highest BCUT2D eigenvalue weighted by Crippen LogP contribution is 2.31. The van der Waals surface area contributed by atoms with Crippen molar-refractivity contribution in [2.75, 3.05) is 27.2 Å². The van der Waals surface area contributed by atoms with E-state index in [4.69, 9.17) is 4.98 Å². The zero-order valence-electron chi connectivity index (χ0n) is 16.7. The first-order chi connectivity index (χ1) is 13.6. The summed E-state index contributed by atoms with van der Waals surface area (Å²) in [5, 5.41) is 0. The molecule has 1 aromatic heterocycles. The van der Waals surface area contributed by atoms with E-state index in [2.05, 4.69) is 53.9 Å². The summed E-state index contributed by atoms with van der Waals surface area (Å²) >= 11 is 0. The second-order valence-electron chi connectivity index (χ2n) is 7.93. The van der Waals surface area contributed by atoms with Crippen LogP contribution in [0.3, 0.4) is 0 Å². The number of likely N-dealkylation sites (tertiary alicyclic amines) is 1. The summed E-state index contributed by atoms with van der Waals surface area (Å²) in [5.41, 5.74) is 3.37. The van der Waals surface area contributed by atoms with Gasteiger partial charge in [-0.25, -0.2) is 4.98 Å². The second-order valence-corrected chi connectivity index (χ2v) is 7.93. The van der Waals surface area contributed by atoms with Crippen LogP contribution in [0.15, 0.2) is 54.6 Å². The molecule has 146 valence electrons. The van der Waals surface area contributed by atoms with Gasteiger partial charge in [0.2, 0.25) is 5.91 Å². The molecule has 3 aromatic rings. The summed E-state index contributed by atoms with van der Waals surface area (Å²) < 4.78 is 2.34. The molecule has 1 fully saturated rings. The van der Waals surface area contributed by atoms with Crippen LogP contribution in [-0.2, 0) is 17.9 Å². The maximum absolute atomic E-state index is 12.7. The van der Waals surface area contributed by atoms with Gasteiger partial charge in [0.25, 0.3) is 0 Å². The monoisotopic (exact) mass is 376 g/mol. The Kier molecular flexibility index (Phi) is 5.44. The minimum absolute atomic E-state index is 0.156. The summed E-state index contributed by atoms with van der Waals surface area (Å²) in [4.78, 5) is 21.8. The van der Waals surface area contributed by atoms with Crippen molar-refractivity contribution in [1.82, 2.24) is 19.4 Å². The van der Waals surface area contributed by atoms with E-state index in [0.29, 0.717) is 13.0 Å². The summed E-state index contributed by atoms with van der Waals surface area (Å²) in [6.07, 6.45) is 1.61. The van der Waals surface area contributed by atoms with Crippen LogP contribution in [0.4, 0.5) is 0 Å². The van der Waals surface area contributed by atoms with Gasteiger partial charge < -0.3 is 14.4 Å². The molecule has 1 aliphatic rings. The van der Waals surface area contributed by atoms with Crippen LogP contribution in [0.5, 0.6) is 0 Å². The van der Waals surface area contributed by atoms with E-state index in [9.17, 15) is 4.79 Å². The Morgan fingerprint density at radius 3 is 2.61 bits per heavy atom. The maximum Gasteiger partial charge on any atom is 0.223 e. The number of amides is 1. The molecular weight excluding hydrogens is 348 g/mol. The van der Waals surface area contributed by atoms with Gasteiger partial charge in [-0.1, -0.05) is 42.5 Å². The van der Waals surface area contributed by atoms with Crippen LogP contribution >= 0.6 is 0 Å². The van der Waals surface area contributed by atoms with E-state index < -0.39 is 0 Å². The normalized spacial score (nSPS) is 17.2. The third-order valence-corrected chi connectivity index (χ3v) is 5.47. The van der Waals surface area contributed by atoms with E-state index in [1.165, 1.54) is 11.1 Å². The fourth-order valence-corrected chi connectivity index (χ4v) is 4.09. The van der Waals surface area contributed by atoms with Crippen molar-refractivity contribution in [3.05, 3.63) is 66.0 Å². The van der Waals surface area contributed by atoms with Crippen molar-refractivity contribution in [3.8, 4) is 0 Å². The van der Waals surface area contributed by atoms with E-state index >= 15 is 0 Å². The van der Waals surface area contributed by atoms with Gasteiger partial charge in [0.15, 0.2) is 0 Å². The molecule has 0 bridgehead atoms. The molecule has 0 aliphatic carbocycles. The highest BCUT2D eigenvalue weighted by atomic mass is 16.2. The average molecular weight is 377 g/mol. The molecule has 0 saturated carbocycles. The highest BCUT2D eigenvalue weighted by molar-refractivity contribution is 5.81. The molecule has 1 aliphatic heterocycles. The number of carbonyl (C=O) groups is 1.